The molecule has 0 amide bonds. The molecule has 2 heterocycles. The van der Waals surface area contributed by atoms with Crippen molar-refractivity contribution in [1.82, 2.24) is 4.98 Å². The summed E-state index contributed by atoms with van der Waals surface area (Å²) in [5, 5.41) is 6.98. The molecule has 1 atom stereocenters. The van der Waals surface area contributed by atoms with E-state index in [-0.39, 0.29) is 6.73 Å². The van der Waals surface area contributed by atoms with Gasteiger partial charge in [-0.05, 0) is 12.1 Å². The number of nitrogens with zero attached hydrogens (tertiary/aromatic N) is 3. The maximum atomic E-state index is 13.6. The zero-order valence-corrected chi connectivity index (χ0v) is 9.99. The predicted molar refractivity (Wildman–Crippen MR) is 55.3 cm³/mol. The summed E-state index contributed by atoms with van der Waals surface area (Å²) in [5.74, 6) is -1.02. The molecule has 2 rings (SSSR count). The highest BCUT2D eigenvalue weighted by atomic mass is 79.9. The first kappa shape index (κ1) is 12.4. The highest BCUT2D eigenvalue weighted by Crippen LogP contribution is 2.38. The minimum Gasteiger partial charge on any atom is -0.319 e. The van der Waals surface area contributed by atoms with Crippen LogP contribution in [0.15, 0.2) is 22.4 Å². The lowest BCUT2D eigenvalue weighted by atomic mass is 10.1. The first-order valence-corrected chi connectivity index (χ1v) is 5.75. The fourth-order valence-electron chi connectivity index (χ4n) is 1.46. The van der Waals surface area contributed by atoms with E-state index in [1.165, 1.54) is 12.1 Å². The molecular weight excluding hydrogens is 303 g/mol. The van der Waals surface area contributed by atoms with E-state index >= 15 is 0 Å². The monoisotopic (exact) mass is 309 g/mol. The van der Waals surface area contributed by atoms with Crippen LogP contribution in [0.3, 0.4) is 0 Å². The molecule has 4 nitrogen and oxygen atoms in total. The second-order valence-electron chi connectivity index (χ2n) is 3.29. The third-order valence-corrected chi connectivity index (χ3v) is 2.86. The third-order valence-electron chi connectivity index (χ3n) is 2.29. The topological polar surface area (TPSA) is 46.8 Å². The van der Waals surface area contributed by atoms with E-state index in [0.717, 1.165) is 0 Å². The van der Waals surface area contributed by atoms with Crippen molar-refractivity contribution in [3.63, 3.8) is 0 Å². The van der Waals surface area contributed by atoms with Crippen molar-refractivity contribution in [2.75, 3.05) is 6.73 Å². The van der Waals surface area contributed by atoms with Gasteiger partial charge in [0.15, 0.2) is 6.73 Å². The van der Waals surface area contributed by atoms with Gasteiger partial charge in [0.2, 0.25) is 5.95 Å². The van der Waals surface area contributed by atoms with Crippen LogP contribution in [0.25, 0.3) is 0 Å². The standard InChI is InChI=1S/C9H7BrF3N3O/c10-3-5-1-2-6(7(11)15-5)9(8(12)13)16-14-4-17-9/h1-2,8H,3-4H2. The van der Waals surface area contributed by atoms with Crippen molar-refractivity contribution in [3.05, 3.63) is 29.3 Å². The molecule has 0 aromatic carbocycles. The number of alkyl halides is 3. The molecule has 1 aromatic heterocycles. The van der Waals surface area contributed by atoms with Gasteiger partial charge < -0.3 is 4.74 Å². The van der Waals surface area contributed by atoms with Gasteiger partial charge in [0.05, 0.1) is 11.3 Å². The molecule has 0 N–H and O–H groups in total. The van der Waals surface area contributed by atoms with Gasteiger partial charge in [0, 0.05) is 5.33 Å². The average Bonchev–Trinajstić information content (AvgIpc) is 2.79. The van der Waals surface area contributed by atoms with E-state index in [2.05, 4.69) is 31.1 Å². The lowest BCUT2D eigenvalue weighted by Crippen LogP contribution is -2.34. The SMILES string of the molecule is Fc1nc(CBr)ccc1C1(C(F)F)N=NCO1. The quantitative estimate of drug-likeness (QED) is 0.636. The van der Waals surface area contributed by atoms with E-state index in [0.29, 0.717) is 11.0 Å². The number of aromatic nitrogens is 1. The Morgan fingerprint density at radius 2 is 2.24 bits per heavy atom. The van der Waals surface area contributed by atoms with Gasteiger partial charge >= 0.3 is 0 Å². The zero-order valence-electron chi connectivity index (χ0n) is 8.41. The molecule has 0 bridgehead atoms. The number of hydrogen-bond acceptors (Lipinski definition) is 4. The molecule has 1 unspecified atom stereocenters. The molecule has 0 fully saturated rings. The van der Waals surface area contributed by atoms with E-state index in [4.69, 9.17) is 4.74 Å². The van der Waals surface area contributed by atoms with Crippen LogP contribution in [0.5, 0.6) is 0 Å². The van der Waals surface area contributed by atoms with Crippen LogP contribution in [-0.4, -0.2) is 18.1 Å². The number of rotatable bonds is 3. The van der Waals surface area contributed by atoms with Gasteiger partial charge in [-0.3, -0.25) is 0 Å². The fourth-order valence-corrected chi connectivity index (χ4v) is 1.77. The highest BCUT2D eigenvalue weighted by Gasteiger charge is 2.48. The summed E-state index contributed by atoms with van der Waals surface area (Å²) in [4.78, 5) is 3.54. The molecule has 8 heteroatoms. The second kappa shape index (κ2) is 4.69. The number of ether oxygens (including phenoxy) is 1. The molecule has 1 aromatic rings. The largest absolute Gasteiger partial charge is 0.319 e. The smallest absolute Gasteiger partial charge is 0.293 e. The minimum absolute atomic E-state index is 0.316. The second-order valence-corrected chi connectivity index (χ2v) is 3.85. The third kappa shape index (κ3) is 2.06. The Morgan fingerprint density at radius 3 is 2.71 bits per heavy atom. The Balaban J connectivity index is 2.48. The van der Waals surface area contributed by atoms with Crippen LogP contribution in [0, 0.1) is 5.95 Å². The van der Waals surface area contributed by atoms with Gasteiger partial charge in [0.25, 0.3) is 12.2 Å². The Kier molecular flexibility index (Phi) is 3.43. The summed E-state index contributed by atoms with van der Waals surface area (Å²) in [6, 6.07) is 2.62. The number of hydrogen-bond donors (Lipinski definition) is 0. The first-order chi connectivity index (χ1) is 8.10. The molecule has 0 spiro atoms. The predicted octanol–water partition coefficient (Wildman–Crippen LogP) is 2.97. The lowest BCUT2D eigenvalue weighted by molar-refractivity contribution is -0.121. The van der Waals surface area contributed by atoms with Crippen molar-refractivity contribution in [2.24, 2.45) is 10.2 Å². The van der Waals surface area contributed by atoms with Gasteiger partial charge in [-0.2, -0.15) is 9.50 Å². The molecule has 1 aliphatic heterocycles. The van der Waals surface area contributed by atoms with Gasteiger partial charge in [-0.15, -0.1) is 5.11 Å². The van der Waals surface area contributed by atoms with Crippen molar-refractivity contribution in [2.45, 2.75) is 17.5 Å². The molecule has 0 saturated carbocycles. The summed E-state index contributed by atoms with van der Waals surface area (Å²) in [5.41, 5.74) is -2.37. The van der Waals surface area contributed by atoms with E-state index in [9.17, 15) is 13.2 Å². The number of azo groups is 1. The maximum absolute atomic E-state index is 13.6. The Morgan fingerprint density at radius 1 is 1.47 bits per heavy atom. The van der Waals surface area contributed by atoms with Crippen molar-refractivity contribution < 1.29 is 17.9 Å². The zero-order chi connectivity index (χ0) is 12.5. The van der Waals surface area contributed by atoms with E-state index in [1.807, 2.05) is 0 Å². The van der Waals surface area contributed by atoms with Gasteiger partial charge in [-0.1, -0.05) is 15.9 Å². The van der Waals surface area contributed by atoms with Crippen LogP contribution in [-0.2, 0) is 15.8 Å². The summed E-state index contributed by atoms with van der Waals surface area (Å²) >= 11 is 3.09. The van der Waals surface area contributed by atoms with Crippen LogP contribution in [0.1, 0.15) is 11.3 Å². The van der Waals surface area contributed by atoms with Crippen LogP contribution in [0.4, 0.5) is 13.2 Å². The van der Waals surface area contributed by atoms with Crippen molar-refractivity contribution in [3.8, 4) is 0 Å². The van der Waals surface area contributed by atoms with Crippen LogP contribution >= 0.6 is 15.9 Å². The van der Waals surface area contributed by atoms with Crippen molar-refractivity contribution >= 4 is 15.9 Å². The molecule has 0 radical (unpaired) electrons. The van der Waals surface area contributed by atoms with Gasteiger partial charge in [-0.25, -0.2) is 13.8 Å². The summed E-state index contributed by atoms with van der Waals surface area (Å²) in [6.07, 6.45) is -3.01. The van der Waals surface area contributed by atoms with E-state index in [1.54, 1.807) is 0 Å². The Bertz CT molecular complexity index is 457. The van der Waals surface area contributed by atoms with Crippen LogP contribution < -0.4 is 0 Å². The number of halogens is 4. The molecule has 1 aliphatic rings. The first-order valence-electron chi connectivity index (χ1n) is 4.63. The van der Waals surface area contributed by atoms with Crippen LogP contribution in [0.2, 0.25) is 0 Å². The highest BCUT2D eigenvalue weighted by molar-refractivity contribution is 9.08. The molecule has 0 aliphatic carbocycles. The molecule has 17 heavy (non-hydrogen) atoms. The Labute approximate surface area is 103 Å². The van der Waals surface area contributed by atoms with Gasteiger partial charge in [0.1, 0.15) is 0 Å². The van der Waals surface area contributed by atoms with Crippen molar-refractivity contribution in [1.29, 1.82) is 0 Å². The minimum atomic E-state index is -3.01. The summed E-state index contributed by atoms with van der Waals surface area (Å²) in [6.45, 7) is -0.316. The summed E-state index contributed by atoms with van der Waals surface area (Å²) in [7, 11) is 0. The summed E-state index contributed by atoms with van der Waals surface area (Å²) < 4.78 is 44.3. The maximum Gasteiger partial charge on any atom is 0.293 e. The molecule has 0 saturated heterocycles. The molecule has 92 valence electrons. The normalized spacial score (nSPS) is 23.6. The van der Waals surface area contributed by atoms with E-state index < -0.39 is 23.7 Å². The fraction of sp³-hybridized carbons (Fsp3) is 0.444. The average molecular weight is 310 g/mol. The number of pyridine rings is 1. The lowest BCUT2D eigenvalue weighted by Gasteiger charge is -2.23. The molecular formula is C9H7BrF3N3O. The Hall–Kier alpha value is -1.02.